The highest BCUT2D eigenvalue weighted by Crippen LogP contribution is 2.17. The van der Waals surface area contributed by atoms with Crippen LogP contribution in [0.5, 0.6) is 0 Å². The van der Waals surface area contributed by atoms with Gasteiger partial charge in [-0.05, 0) is 19.4 Å². The van der Waals surface area contributed by atoms with E-state index in [1.165, 1.54) is 0 Å². The molecule has 0 saturated heterocycles. The molecule has 6 heteroatoms. The van der Waals surface area contributed by atoms with E-state index >= 15 is 0 Å². The van der Waals surface area contributed by atoms with Gasteiger partial charge >= 0.3 is 0 Å². The first-order chi connectivity index (χ1) is 8.65. The van der Waals surface area contributed by atoms with Crippen LogP contribution in [-0.4, -0.2) is 20.7 Å². The molecule has 2 rings (SSSR count). The van der Waals surface area contributed by atoms with E-state index in [0.29, 0.717) is 23.1 Å². The zero-order valence-corrected chi connectivity index (χ0v) is 11.1. The second-order valence-electron chi connectivity index (χ2n) is 3.91. The summed E-state index contributed by atoms with van der Waals surface area (Å²) in [6.45, 7) is 4.66. The number of hydrogen-bond donors (Lipinski definition) is 2. The molecule has 2 heterocycles. The van der Waals surface area contributed by atoms with Crippen molar-refractivity contribution in [3.63, 3.8) is 0 Å². The number of aryl methyl sites for hydroxylation is 2. The number of amides is 1. The minimum absolute atomic E-state index is 0.192. The molecule has 0 aliphatic carbocycles. The van der Waals surface area contributed by atoms with Crippen LogP contribution < -0.4 is 5.32 Å². The van der Waals surface area contributed by atoms with Gasteiger partial charge in [-0.2, -0.15) is 5.10 Å². The summed E-state index contributed by atoms with van der Waals surface area (Å²) >= 11 is 5.91. The Hall–Kier alpha value is -1.75. The van der Waals surface area contributed by atoms with Crippen LogP contribution in [0.2, 0.25) is 5.02 Å². The van der Waals surface area contributed by atoms with Crippen LogP contribution in [0.4, 0.5) is 5.82 Å². The Morgan fingerprint density at radius 2 is 2.33 bits per heavy atom. The van der Waals surface area contributed by atoms with E-state index in [2.05, 4.69) is 15.5 Å². The lowest BCUT2D eigenvalue weighted by Crippen LogP contribution is -2.17. The first-order valence-electron chi connectivity index (χ1n) is 5.85. The van der Waals surface area contributed by atoms with Crippen molar-refractivity contribution in [1.82, 2.24) is 14.8 Å². The summed E-state index contributed by atoms with van der Waals surface area (Å²) in [6.07, 6.45) is 4.26. The van der Waals surface area contributed by atoms with Gasteiger partial charge in [0.1, 0.15) is 11.5 Å². The Morgan fingerprint density at radius 3 is 3.00 bits per heavy atom. The zero-order chi connectivity index (χ0) is 13.1. The number of nitrogens with one attached hydrogen (secondary N) is 2. The van der Waals surface area contributed by atoms with E-state index in [1.807, 2.05) is 13.8 Å². The van der Waals surface area contributed by atoms with Crippen molar-refractivity contribution < 1.29 is 4.79 Å². The molecular formula is C12H15ClN4O. The summed E-state index contributed by atoms with van der Waals surface area (Å²) < 4.78 is 1.81. The molecule has 0 aliphatic heterocycles. The average Bonchev–Trinajstić information content (AvgIpc) is 2.94. The van der Waals surface area contributed by atoms with Gasteiger partial charge in [-0.1, -0.05) is 18.5 Å². The number of aromatic amines is 1. The zero-order valence-electron chi connectivity index (χ0n) is 10.3. The number of aromatic nitrogens is 3. The lowest BCUT2D eigenvalue weighted by Gasteiger charge is -2.07. The van der Waals surface area contributed by atoms with Crippen LogP contribution in [0.3, 0.4) is 0 Å². The maximum atomic E-state index is 12.1. The molecule has 5 nitrogen and oxygen atoms in total. The minimum atomic E-state index is -0.192. The van der Waals surface area contributed by atoms with Crippen molar-refractivity contribution in [2.24, 2.45) is 0 Å². The van der Waals surface area contributed by atoms with Crippen LogP contribution >= 0.6 is 11.6 Å². The number of H-pyrrole nitrogens is 1. The van der Waals surface area contributed by atoms with Crippen LogP contribution in [0.1, 0.15) is 29.9 Å². The molecule has 2 aromatic heterocycles. The molecule has 2 N–H and O–H groups in total. The Kier molecular flexibility index (Phi) is 3.72. The second-order valence-corrected chi connectivity index (χ2v) is 4.34. The average molecular weight is 267 g/mol. The highest BCUT2D eigenvalue weighted by molar-refractivity contribution is 6.31. The maximum Gasteiger partial charge on any atom is 0.273 e. The Morgan fingerprint density at radius 1 is 1.56 bits per heavy atom. The van der Waals surface area contributed by atoms with Gasteiger partial charge in [0, 0.05) is 18.3 Å². The molecule has 0 aliphatic rings. The van der Waals surface area contributed by atoms with Gasteiger partial charge in [0.2, 0.25) is 0 Å². The lowest BCUT2D eigenvalue weighted by atomic mass is 10.2. The van der Waals surface area contributed by atoms with Crippen molar-refractivity contribution >= 4 is 23.3 Å². The molecule has 0 aromatic carbocycles. The molecular weight excluding hydrogens is 252 g/mol. The highest BCUT2D eigenvalue weighted by atomic mass is 35.5. The minimum Gasteiger partial charge on any atom is -0.342 e. The van der Waals surface area contributed by atoms with E-state index in [-0.39, 0.29) is 5.91 Å². The number of carbonyl (C=O) groups excluding carboxylic acids is 1. The molecule has 18 heavy (non-hydrogen) atoms. The topological polar surface area (TPSA) is 62.7 Å². The summed E-state index contributed by atoms with van der Waals surface area (Å²) in [5, 5.41) is 10.1. The van der Waals surface area contributed by atoms with Crippen molar-refractivity contribution in [1.29, 1.82) is 0 Å². The highest BCUT2D eigenvalue weighted by Gasteiger charge is 2.14. The smallest absolute Gasteiger partial charge is 0.273 e. The van der Waals surface area contributed by atoms with Crippen LogP contribution in [0, 0.1) is 0 Å². The quantitative estimate of drug-likeness (QED) is 0.894. The van der Waals surface area contributed by atoms with E-state index < -0.39 is 0 Å². The van der Waals surface area contributed by atoms with E-state index in [0.717, 1.165) is 12.0 Å². The first kappa shape index (κ1) is 12.7. The summed E-state index contributed by atoms with van der Waals surface area (Å²) in [5.41, 5.74) is 1.52. The molecule has 1 amide bonds. The summed E-state index contributed by atoms with van der Waals surface area (Å²) in [5.74, 6) is 0.449. The number of hydrogen-bond acceptors (Lipinski definition) is 2. The SMILES string of the molecule is CCc1cn[nH]c1NC(=O)c1cc(Cl)cn1CC. The molecule has 0 atom stereocenters. The van der Waals surface area contributed by atoms with Crippen LogP contribution in [0.25, 0.3) is 0 Å². The van der Waals surface area contributed by atoms with Gasteiger partial charge in [0.25, 0.3) is 5.91 Å². The number of anilines is 1. The molecule has 0 bridgehead atoms. The normalized spacial score (nSPS) is 10.6. The second kappa shape index (κ2) is 5.27. The van der Waals surface area contributed by atoms with Gasteiger partial charge < -0.3 is 9.88 Å². The number of carbonyl (C=O) groups is 1. The predicted octanol–water partition coefficient (Wildman–Crippen LogP) is 2.70. The van der Waals surface area contributed by atoms with Gasteiger partial charge in [-0.15, -0.1) is 0 Å². The Balaban J connectivity index is 2.21. The number of nitrogens with zero attached hydrogens (tertiary/aromatic N) is 2. The predicted molar refractivity (Wildman–Crippen MR) is 71.0 cm³/mol. The van der Waals surface area contributed by atoms with E-state index in [4.69, 9.17) is 11.6 Å². The van der Waals surface area contributed by atoms with E-state index in [1.54, 1.807) is 23.0 Å². The standard InChI is InChI=1S/C12H15ClN4O/c1-3-8-6-14-16-11(8)15-12(18)10-5-9(13)7-17(10)4-2/h5-7H,3-4H2,1-2H3,(H2,14,15,16,18). The summed E-state index contributed by atoms with van der Waals surface area (Å²) in [7, 11) is 0. The molecule has 0 saturated carbocycles. The monoisotopic (exact) mass is 266 g/mol. The molecule has 0 radical (unpaired) electrons. The molecule has 2 aromatic rings. The third kappa shape index (κ3) is 2.41. The van der Waals surface area contributed by atoms with Crippen molar-refractivity contribution in [3.05, 3.63) is 34.7 Å². The molecule has 0 unspecified atom stereocenters. The summed E-state index contributed by atoms with van der Waals surface area (Å²) in [4.78, 5) is 12.1. The third-order valence-electron chi connectivity index (χ3n) is 2.77. The summed E-state index contributed by atoms with van der Waals surface area (Å²) in [6, 6.07) is 1.66. The molecule has 0 fully saturated rings. The fourth-order valence-electron chi connectivity index (χ4n) is 1.79. The van der Waals surface area contributed by atoms with Crippen molar-refractivity contribution in [3.8, 4) is 0 Å². The first-order valence-corrected chi connectivity index (χ1v) is 6.22. The lowest BCUT2D eigenvalue weighted by molar-refractivity contribution is 0.101. The molecule has 96 valence electrons. The Bertz CT molecular complexity index is 558. The third-order valence-corrected chi connectivity index (χ3v) is 2.98. The largest absolute Gasteiger partial charge is 0.342 e. The van der Waals surface area contributed by atoms with Crippen LogP contribution in [0.15, 0.2) is 18.5 Å². The Labute approximate surface area is 110 Å². The fraction of sp³-hybridized carbons (Fsp3) is 0.333. The van der Waals surface area contributed by atoms with Gasteiger partial charge in [0.05, 0.1) is 11.2 Å². The van der Waals surface area contributed by atoms with Gasteiger partial charge in [-0.25, -0.2) is 0 Å². The number of halogens is 1. The van der Waals surface area contributed by atoms with Gasteiger partial charge in [-0.3, -0.25) is 9.89 Å². The van der Waals surface area contributed by atoms with Crippen LogP contribution in [-0.2, 0) is 13.0 Å². The fourth-order valence-corrected chi connectivity index (χ4v) is 2.01. The van der Waals surface area contributed by atoms with Crippen molar-refractivity contribution in [2.45, 2.75) is 26.8 Å². The number of rotatable bonds is 4. The van der Waals surface area contributed by atoms with E-state index in [9.17, 15) is 4.79 Å². The molecule has 0 spiro atoms. The maximum absolute atomic E-state index is 12.1. The van der Waals surface area contributed by atoms with Gasteiger partial charge in [0.15, 0.2) is 0 Å². The van der Waals surface area contributed by atoms with Crippen molar-refractivity contribution in [2.75, 3.05) is 5.32 Å².